The first kappa shape index (κ1) is 12.4. The molecule has 4 nitrogen and oxygen atoms in total. The lowest BCUT2D eigenvalue weighted by Gasteiger charge is -2.50. The summed E-state index contributed by atoms with van der Waals surface area (Å²) in [6, 6.07) is 1.13. The summed E-state index contributed by atoms with van der Waals surface area (Å²) in [7, 11) is 1.93. The first-order valence-corrected chi connectivity index (χ1v) is 7.46. The van der Waals surface area contributed by atoms with Gasteiger partial charge in [0.2, 0.25) is 5.91 Å². The molecule has 3 fully saturated rings. The SMILES string of the molecule is CN1CC2CNCC(C3CCCCC3)N2CC1=O. The predicted octanol–water partition coefficient (Wildman–Crippen LogP) is 0.681. The number of piperazine rings is 2. The molecule has 0 aromatic heterocycles. The number of amides is 1. The maximum atomic E-state index is 11.9. The van der Waals surface area contributed by atoms with E-state index < -0.39 is 0 Å². The van der Waals surface area contributed by atoms with Crippen molar-refractivity contribution in [3.8, 4) is 0 Å². The van der Waals surface area contributed by atoms with Gasteiger partial charge in [0.15, 0.2) is 0 Å². The lowest BCUT2D eigenvalue weighted by molar-refractivity contribution is -0.140. The second-order valence-corrected chi connectivity index (χ2v) is 6.22. The highest BCUT2D eigenvalue weighted by molar-refractivity contribution is 5.79. The largest absolute Gasteiger partial charge is 0.343 e. The van der Waals surface area contributed by atoms with Crippen LogP contribution in [0.1, 0.15) is 32.1 Å². The molecule has 0 aromatic carbocycles. The molecule has 2 aliphatic heterocycles. The van der Waals surface area contributed by atoms with Crippen molar-refractivity contribution >= 4 is 5.91 Å². The second kappa shape index (κ2) is 5.17. The zero-order valence-corrected chi connectivity index (χ0v) is 11.4. The van der Waals surface area contributed by atoms with Gasteiger partial charge in [-0.15, -0.1) is 0 Å². The summed E-state index contributed by atoms with van der Waals surface area (Å²) < 4.78 is 0. The molecule has 0 spiro atoms. The quantitative estimate of drug-likeness (QED) is 0.744. The Morgan fingerprint density at radius 2 is 1.94 bits per heavy atom. The summed E-state index contributed by atoms with van der Waals surface area (Å²) in [6.45, 7) is 3.66. The van der Waals surface area contributed by atoms with E-state index in [-0.39, 0.29) is 0 Å². The summed E-state index contributed by atoms with van der Waals surface area (Å²) in [5, 5.41) is 3.59. The van der Waals surface area contributed by atoms with E-state index in [1.165, 1.54) is 32.1 Å². The Bertz CT molecular complexity index is 314. The number of hydrogen-bond donors (Lipinski definition) is 1. The number of likely N-dealkylation sites (N-methyl/N-ethyl adjacent to an activating group) is 1. The lowest BCUT2D eigenvalue weighted by Crippen LogP contribution is -2.67. The average molecular weight is 251 g/mol. The highest BCUT2D eigenvalue weighted by Crippen LogP contribution is 2.31. The molecule has 2 atom stereocenters. The number of nitrogens with zero attached hydrogens (tertiary/aromatic N) is 2. The van der Waals surface area contributed by atoms with Crippen molar-refractivity contribution in [2.24, 2.45) is 5.92 Å². The second-order valence-electron chi connectivity index (χ2n) is 6.22. The zero-order chi connectivity index (χ0) is 12.5. The molecule has 2 unspecified atom stereocenters. The van der Waals surface area contributed by atoms with Crippen molar-refractivity contribution in [1.82, 2.24) is 15.1 Å². The van der Waals surface area contributed by atoms with Gasteiger partial charge in [-0.25, -0.2) is 0 Å². The fraction of sp³-hybridized carbons (Fsp3) is 0.929. The summed E-state index contributed by atoms with van der Waals surface area (Å²) >= 11 is 0. The third-order valence-electron chi connectivity index (χ3n) is 5.05. The van der Waals surface area contributed by atoms with Gasteiger partial charge in [-0.3, -0.25) is 9.69 Å². The number of hydrogen-bond acceptors (Lipinski definition) is 3. The standard InChI is InChI=1S/C14H25N3O/c1-16-9-12-7-15-8-13(17(12)10-14(16)18)11-5-3-2-4-6-11/h11-13,15H,2-10H2,1H3. The molecule has 102 valence electrons. The minimum atomic E-state index is 0.300. The predicted molar refractivity (Wildman–Crippen MR) is 71.4 cm³/mol. The molecule has 0 bridgehead atoms. The molecule has 4 heteroatoms. The van der Waals surface area contributed by atoms with Crippen molar-refractivity contribution < 1.29 is 4.79 Å². The number of carbonyl (C=O) groups is 1. The highest BCUT2D eigenvalue weighted by atomic mass is 16.2. The Labute approximate surface area is 110 Å². The molecule has 3 rings (SSSR count). The fourth-order valence-electron chi connectivity index (χ4n) is 3.97. The number of rotatable bonds is 1. The zero-order valence-electron chi connectivity index (χ0n) is 11.4. The Morgan fingerprint density at radius 3 is 2.72 bits per heavy atom. The number of carbonyl (C=O) groups excluding carboxylic acids is 1. The molecular formula is C14H25N3O. The molecule has 0 radical (unpaired) electrons. The summed E-state index contributed by atoms with van der Waals surface area (Å²) in [5.74, 6) is 1.11. The van der Waals surface area contributed by atoms with Crippen LogP contribution in [0.25, 0.3) is 0 Å². The van der Waals surface area contributed by atoms with E-state index in [9.17, 15) is 4.79 Å². The van der Waals surface area contributed by atoms with E-state index in [1.807, 2.05) is 11.9 Å². The molecule has 1 saturated carbocycles. The maximum Gasteiger partial charge on any atom is 0.236 e. The first-order valence-electron chi connectivity index (χ1n) is 7.46. The minimum absolute atomic E-state index is 0.300. The van der Waals surface area contributed by atoms with Crippen molar-refractivity contribution in [1.29, 1.82) is 0 Å². The highest BCUT2D eigenvalue weighted by Gasteiger charge is 2.40. The molecule has 2 heterocycles. The monoisotopic (exact) mass is 251 g/mol. The van der Waals surface area contributed by atoms with Crippen LogP contribution in [0, 0.1) is 5.92 Å². The topological polar surface area (TPSA) is 35.6 Å². The van der Waals surface area contributed by atoms with E-state index in [1.54, 1.807) is 0 Å². The number of nitrogens with one attached hydrogen (secondary N) is 1. The van der Waals surface area contributed by atoms with E-state index in [4.69, 9.17) is 0 Å². The third kappa shape index (κ3) is 2.28. The number of fused-ring (bicyclic) bond motifs is 1. The van der Waals surface area contributed by atoms with Crippen LogP contribution in [0.2, 0.25) is 0 Å². The molecule has 2 saturated heterocycles. The fourth-order valence-corrected chi connectivity index (χ4v) is 3.97. The van der Waals surface area contributed by atoms with Crippen LogP contribution in [-0.4, -0.2) is 61.0 Å². The maximum absolute atomic E-state index is 11.9. The Balaban J connectivity index is 1.71. The molecule has 1 N–H and O–H groups in total. The van der Waals surface area contributed by atoms with Crippen molar-refractivity contribution in [3.05, 3.63) is 0 Å². The molecule has 0 aromatic rings. The molecule has 3 aliphatic rings. The van der Waals surface area contributed by atoms with Gasteiger partial charge in [-0.1, -0.05) is 19.3 Å². The van der Waals surface area contributed by atoms with Gasteiger partial charge in [0.05, 0.1) is 6.54 Å². The van der Waals surface area contributed by atoms with Crippen LogP contribution in [-0.2, 0) is 4.79 Å². The third-order valence-corrected chi connectivity index (χ3v) is 5.05. The van der Waals surface area contributed by atoms with Crippen LogP contribution < -0.4 is 5.32 Å². The lowest BCUT2D eigenvalue weighted by atomic mass is 9.81. The van der Waals surface area contributed by atoms with Crippen LogP contribution in [0.15, 0.2) is 0 Å². The summed E-state index contributed by atoms with van der Waals surface area (Å²) in [4.78, 5) is 16.3. The van der Waals surface area contributed by atoms with E-state index >= 15 is 0 Å². The van der Waals surface area contributed by atoms with Crippen LogP contribution >= 0.6 is 0 Å². The van der Waals surface area contributed by atoms with Gasteiger partial charge < -0.3 is 10.2 Å². The van der Waals surface area contributed by atoms with Gasteiger partial charge in [-0.05, 0) is 18.8 Å². The Kier molecular flexibility index (Phi) is 3.57. The first-order chi connectivity index (χ1) is 8.75. The summed E-state index contributed by atoms with van der Waals surface area (Å²) in [6.07, 6.45) is 6.89. The van der Waals surface area contributed by atoms with Crippen LogP contribution in [0.3, 0.4) is 0 Å². The molecule has 18 heavy (non-hydrogen) atoms. The van der Waals surface area contributed by atoms with Gasteiger partial charge in [-0.2, -0.15) is 0 Å². The van der Waals surface area contributed by atoms with E-state index in [0.29, 0.717) is 24.5 Å². The van der Waals surface area contributed by atoms with Crippen molar-refractivity contribution in [3.63, 3.8) is 0 Å². The summed E-state index contributed by atoms with van der Waals surface area (Å²) in [5.41, 5.74) is 0. The van der Waals surface area contributed by atoms with Crippen molar-refractivity contribution in [2.75, 3.05) is 33.2 Å². The normalized spacial score (nSPS) is 35.6. The Morgan fingerprint density at radius 1 is 1.17 bits per heavy atom. The smallest absolute Gasteiger partial charge is 0.236 e. The van der Waals surface area contributed by atoms with Gasteiger partial charge in [0.1, 0.15) is 0 Å². The van der Waals surface area contributed by atoms with E-state index in [2.05, 4.69) is 10.2 Å². The molecule has 1 aliphatic carbocycles. The van der Waals surface area contributed by atoms with Gasteiger partial charge in [0, 0.05) is 38.8 Å². The molecular weight excluding hydrogens is 226 g/mol. The Hall–Kier alpha value is -0.610. The minimum Gasteiger partial charge on any atom is -0.343 e. The van der Waals surface area contributed by atoms with Gasteiger partial charge in [0.25, 0.3) is 0 Å². The van der Waals surface area contributed by atoms with E-state index in [0.717, 1.165) is 25.6 Å². The average Bonchev–Trinajstić information content (AvgIpc) is 2.40. The van der Waals surface area contributed by atoms with Crippen LogP contribution in [0.5, 0.6) is 0 Å². The molecule has 1 amide bonds. The van der Waals surface area contributed by atoms with Crippen LogP contribution in [0.4, 0.5) is 0 Å². The van der Waals surface area contributed by atoms with Crippen molar-refractivity contribution in [2.45, 2.75) is 44.2 Å². The van der Waals surface area contributed by atoms with Gasteiger partial charge >= 0.3 is 0 Å².